The molecule has 0 saturated carbocycles. The summed E-state index contributed by atoms with van der Waals surface area (Å²) in [5.41, 5.74) is 1.72. The SMILES string of the molecule is CCCCS(=O)(=O)Nc1ccc(Nc2ccc(Br)cc2)cn1. The molecule has 0 spiro atoms. The zero-order valence-electron chi connectivity index (χ0n) is 12.2. The normalized spacial score (nSPS) is 11.2. The lowest BCUT2D eigenvalue weighted by Crippen LogP contribution is -2.17. The third-order valence-electron chi connectivity index (χ3n) is 2.92. The van der Waals surface area contributed by atoms with Crippen molar-refractivity contribution >= 4 is 43.1 Å². The smallest absolute Gasteiger partial charge is 0.233 e. The van der Waals surface area contributed by atoms with Crippen molar-refractivity contribution in [3.63, 3.8) is 0 Å². The fourth-order valence-electron chi connectivity index (χ4n) is 1.77. The second-order valence-corrected chi connectivity index (χ2v) is 7.60. The van der Waals surface area contributed by atoms with E-state index < -0.39 is 10.0 Å². The van der Waals surface area contributed by atoms with Gasteiger partial charge in [0.1, 0.15) is 5.82 Å². The van der Waals surface area contributed by atoms with Crippen molar-refractivity contribution in [1.82, 2.24) is 4.98 Å². The average Bonchev–Trinajstić information content (AvgIpc) is 2.49. The molecule has 0 amide bonds. The lowest BCUT2D eigenvalue weighted by atomic mass is 10.3. The van der Waals surface area contributed by atoms with Crippen LogP contribution in [0.25, 0.3) is 0 Å². The number of nitrogens with one attached hydrogen (secondary N) is 2. The summed E-state index contributed by atoms with van der Waals surface area (Å²) in [5, 5.41) is 3.19. The summed E-state index contributed by atoms with van der Waals surface area (Å²) in [6.07, 6.45) is 3.07. The summed E-state index contributed by atoms with van der Waals surface area (Å²) in [6.45, 7) is 1.95. The molecule has 0 aliphatic carbocycles. The van der Waals surface area contributed by atoms with E-state index >= 15 is 0 Å². The third-order valence-corrected chi connectivity index (χ3v) is 4.80. The van der Waals surface area contributed by atoms with E-state index in [4.69, 9.17) is 0 Å². The largest absolute Gasteiger partial charge is 0.354 e. The van der Waals surface area contributed by atoms with Crippen LogP contribution in [0.1, 0.15) is 19.8 Å². The first-order valence-corrected chi connectivity index (χ1v) is 9.42. The Labute approximate surface area is 139 Å². The Kier molecular flexibility index (Phi) is 5.79. The molecule has 0 aliphatic heterocycles. The van der Waals surface area contributed by atoms with Gasteiger partial charge in [0.2, 0.25) is 10.0 Å². The van der Waals surface area contributed by atoms with Gasteiger partial charge in [0.05, 0.1) is 17.6 Å². The summed E-state index contributed by atoms with van der Waals surface area (Å²) >= 11 is 3.38. The summed E-state index contributed by atoms with van der Waals surface area (Å²) in [6, 6.07) is 11.2. The number of unbranched alkanes of at least 4 members (excludes halogenated alkanes) is 1. The Balaban J connectivity index is 1.99. The van der Waals surface area contributed by atoms with Crippen LogP contribution in [0.3, 0.4) is 0 Å². The molecule has 2 rings (SSSR count). The van der Waals surface area contributed by atoms with Crippen LogP contribution in [-0.4, -0.2) is 19.2 Å². The maximum absolute atomic E-state index is 11.8. The van der Waals surface area contributed by atoms with Gasteiger partial charge in [0, 0.05) is 10.2 Å². The number of nitrogens with zero attached hydrogens (tertiary/aromatic N) is 1. The van der Waals surface area contributed by atoms with Gasteiger partial charge in [0.25, 0.3) is 0 Å². The van der Waals surface area contributed by atoms with E-state index in [1.807, 2.05) is 31.2 Å². The van der Waals surface area contributed by atoms with Gasteiger partial charge in [-0.25, -0.2) is 13.4 Å². The molecule has 1 aromatic heterocycles. The van der Waals surface area contributed by atoms with E-state index in [0.29, 0.717) is 12.2 Å². The summed E-state index contributed by atoms with van der Waals surface area (Å²) in [4.78, 5) is 4.12. The molecule has 1 aromatic carbocycles. The van der Waals surface area contributed by atoms with Crippen LogP contribution in [0.4, 0.5) is 17.2 Å². The molecule has 7 heteroatoms. The summed E-state index contributed by atoms with van der Waals surface area (Å²) < 4.78 is 27.1. The minimum atomic E-state index is -3.31. The molecule has 2 aromatic rings. The fourth-order valence-corrected chi connectivity index (χ4v) is 3.25. The number of hydrogen-bond acceptors (Lipinski definition) is 4. The molecule has 0 fully saturated rings. The van der Waals surface area contributed by atoms with Crippen molar-refractivity contribution in [1.29, 1.82) is 0 Å². The standard InChI is InChI=1S/C15H18BrN3O2S/c1-2-3-10-22(20,21)19-15-9-8-14(11-17-15)18-13-6-4-12(16)5-7-13/h4-9,11,18H,2-3,10H2,1H3,(H,17,19). The summed E-state index contributed by atoms with van der Waals surface area (Å²) in [5.74, 6) is 0.446. The van der Waals surface area contributed by atoms with Gasteiger partial charge in [-0.15, -0.1) is 0 Å². The zero-order chi connectivity index (χ0) is 16.0. The molecule has 2 N–H and O–H groups in total. The van der Waals surface area contributed by atoms with Gasteiger partial charge in [-0.2, -0.15) is 0 Å². The van der Waals surface area contributed by atoms with Crippen molar-refractivity contribution < 1.29 is 8.42 Å². The van der Waals surface area contributed by atoms with Crippen LogP contribution in [-0.2, 0) is 10.0 Å². The highest BCUT2D eigenvalue weighted by atomic mass is 79.9. The first-order chi connectivity index (χ1) is 10.5. The number of hydrogen-bond donors (Lipinski definition) is 2. The van der Waals surface area contributed by atoms with Crippen molar-refractivity contribution in [3.05, 3.63) is 47.1 Å². The third kappa shape index (κ3) is 5.31. The predicted octanol–water partition coefficient (Wildman–Crippen LogP) is 4.13. The van der Waals surface area contributed by atoms with Gasteiger partial charge < -0.3 is 5.32 Å². The van der Waals surface area contributed by atoms with E-state index in [1.165, 1.54) is 0 Å². The second-order valence-electron chi connectivity index (χ2n) is 4.84. The van der Waals surface area contributed by atoms with Crippen LogP contribution >= 0.6 is 15.9 Å². The molecule has 0 aliphatic rings. The lowest BCUT2D eigenvalue weighted by molar-refractivity contribution is 0.597. The maximum atomic E-state index is 11.8. The number of anilines is 3. The van der Waals surface area contributed by atoms with Crippen LogP contribution < -0.4 is 10.0 Å². The molecule has 0 saturated heterocycles. The molecule has 0 unspecified atom stereocenters. The molecule has 0 atom stereocenters. The Morgan fingerprint density at radius 2 is 1.77 bits per heavy atom. The van der Waals surface area contributed by atoms with E-state index in [2.05, 4.69) is 31.0 Å². The first kappa shape index (κ1) is 16.8. The van der Waals surface area contributed by atoms with Crippen LogP contribution in [0.15, 0.2) is 47.1 Å². The quantitative estimate of drug-likeness (QED) is 0.753. The number of sulfonamides is 1. The van der Waals surface area contributed by atoms with Crippen LogP contribution in [0, 0.1) is 0 Å². The minimum Gasteiger partial charge on any atom is -0.354 e. The van der Waals surface area contributed by atoms with Gasteiger partial charge in [-0.1, -0.05) is 29.3 Å². The zero-order valence-corrected chi connectivity index (χ0v) is 14.6. The van der Waals surface area contributed by atoms with Gasteiger partial charge in [-0.3, -0.25) is 4.72 Å². The van der Waals surface area contributed by atoms with E-state index in [0.717, 1.165) is 22.3 Å². The van der Waals surface area contributed by atoms with Crippen molar-refractivity contribution in [2.75, 3.05) is 15.8 Å². The number of rotatable bonds is 7. The van der Waals surface area contributed by atoms with Crippen molar-refractivity contribution in [2.24, 2.45) is 0 Å². The van der Waals surface area contributed by atoms with Crippen molar-refractivity contribution in [2.45, 2.75) is 19.8 Å². The highest BCUT2D eigenvalue weighted by Gasteiger charge is 2.10. The lowest BCUT2D eigenvalue weighted by Gasteiger charge is -2.09. The molecule has 22 heavy (non-hydrogen) atoms. The van der Waals surface area contributed by atoms with E-state index in [1.54, 1.807) is 18.3 Å². The Morgan fingerprint density at radius 3 is 2.36 bits per heavy atom. The van der Waals surface area contributed by atoms with Crippen molar-refractivity contribution in [3.8, 4) is 0 Å². The molecule has 0 bridgehead atoms. The fraction of sp³-hybridized carbons (Fsp3) is 0.267. The topological polar surface area (TPSA) is 71.1 Å². The molecule has 1 heterocycles. The Morgan fingerprint density at radius 1 is 1.09 bits per heavy atom. The van der Waals surface area contributed by atoms with Gasteiger partial charge >= 0.3 is 0 Å². The highest BCUT2D eigenvalue weighted by molar-refractivity contribution is 9.10. The predicted molar refractivity (Wildman–Crippen MR) is 94.0 cm³/mol. The molecule has 5 nitrogen and oxygen atoms in total. The highest BCUT2D eigenvalue weighted by Crippen LogP contribution is 2.19. The minimum absolute atomic E-state index is 0.115. The van der Waals surface area contributed by atoms with Crippen LogP contribution in [0.5, 0.6) is 0 Å². The Hall–Kier alpha value is -1.60. The first-order valence-electron chi connectivity index (χ1n) is 6.97. The van der Waals surface area contributed by atoms with E-state index in [9.17, 15) is 8.42 Å². The number of halogens is 1. The Bertz CT molecular complexity index is 701. The van der Waals surface area contributed by atoms with E-state index in [-0.39, 0.29) is 5.75 Å². The summed E-state index contributed by atoms with van der Waals surface area (Å²) in [7, 11) is -3.31. The molecular formula is C15H18BrN3O2S. The molecule has 0 radical (unpaired) electrons. The molecular weight excluding hydrogens is 366 g/mol. The van der Waals surface area contributed by atoms with Gasteiger partial charge in [-0.05, 0) is 42.8 Å². The number of benzene rings is 1. The number of aromatic nitrogens is 1. The average molecular weight is 384 g/mol. The second kappa shape index (κ2) is 7.60. The van der Waals surface area contributed by atoms with Gasteiger partial charge in [0.15, 0.2) is 0 Å². The number of pyridine rings is 1. The molecule has 118 valence electrons. The monoisotopic (exact) mass is 383 g/mol. The maximum Gasteiger partial charge on any atom is 0.233 e. The van der Waals surface area contributed by atoms with Crippen LogP contribution in [0.2, 0.25) is 0 Å².